The Morgan fingerprint density at radius 3 is 2.39 bits per heavy atom. The first kappa shape index (κ1) is 22.8. The Balaban J connectivity index is 1.92. The molecule has 0 aromatic heterocycles. The summed E-state index contributed by atoms with van der Waals surface area (Å²) in [5.41, 5.74) is 1.65. The lowest BCUT2D eigenvalue weighted by atomic mass is 10.1. The molecule has 1 N–H and O–H groups in total. The Morgan fingerprint density at radius 1 is 0.929 bits per heavy atom. The van der Waals surface area contributed by atoms with Crippen LogP contribution >= 0.6 is 23.2 Å². The first-order chi connectivity index (χ1) is 13.5. The molecule has 6 heteroatoms. The minimum atomic E-state index is -0.378. The Labute approximate surface area is 177 Å². The third-order valence-electron chi connectivity index (χ3n) is 4.50. The van der Waals surface area contributed by atoms with E-state index in [-0.39, 0.29) is 12.4 Å². The van der Waals surface area contributed by atoms with Crippen molar-refractivity contribution in [3.8, 4) is 11.5 Å². The van der Waals surface area contributed by atoms with Crippen molar-refractivity contribution in [2.45, 2.75) is 52.2 Å². The Bertz CT molecular complexity index is 756. The van der Waals surface area contributed by atoms with Gasteiger partial charge in [0, 0.05) is 23.2 Å². The zero-order valence-electron chi connectivity index (χ0n) is 16.5. The molecule has 0 aliphatic rings. The van der Waals surface area contributed by atoms with E-state index in [1.807, 2.05) is 6.07 Å². The van der Waals surface area contributed by atoms with Crippen molar-refractivity contribution in [1.29, 1.82) is 0 Å². The second-order valence-electron chi connectivity index (χ2n) is 6.71. The van der Waals surface area contributed by atoms with Crippen LogP contribution in [0, 0.1) is 5.82 Å². The monoisotopic (exact) mass is 427 g/mol. The van der Waals surface area contributed by atoms with Gasteiger partial charge in [0.05, 0.1) is 12.1 Å². The number of methoxy groups -OCH3 is 1. The van der Waals surface area contributed by atoms with E-state index >= 15 is 0 Å². The normalized spacial score (nSPS) is 10.9. The Hall–Kier alpha value is -1.49. The first-order valence-corrected chi connectivity index (χ1v) is 10.4. The number of benzene rings is 2. The molecule has 3 nitrogen and oxygen atoms in total. The van der Waals surface area contributed by atoms with E-state index < -0.39 is 0 Å². The summed E-state index contributed by atoms with van der Waals surface area (Å²) in [7, 11) is 1.59. The van der Waals surface area contributed by atoms with Crippen LogP contribution < -0.4 is 14.8 Å². The molecule has 0 saturated heterocycles. The molecule has 0 amide bonds. The average molecular weight is 428 g/mol. The molecule has 2 aromatic carbocycles. The molecule has 2 rings (SSSR count). The fourth-order valence-corrected chi connectivity index (χ4v) is 3.30. The largest absolute Gasteiger partial charge is 0.493 e. The van der Waals surface area contributed by atoms with E-state index in [1.54, 1.807) is 19.2 Å². The van der Waals surface area contributed by atoms with Crippen LogP contribution in [0.1, 0.15) is 50.2 Å². The molecule has 0 radical (unpaired) electrons. The predicted octanol–water partition coefficient (Wildman–Crippen LogP) is 6.78. The highest BCUT2D eigenvalue weighted by molar-refractivity contribution is 6.31. The van der Waals surface area contributed by atoms with Crippen molar-refractivity contribution >= 4 is 23.2 Å². The summed E-state index contributed by atoms with van der Waals surface area (Å²) in [6.07, 6.45) is 6.25. The van der Waals surface area contributed by atoms with Gasteiger partial charge in [-0.05, 0) is 36.7 Å². The van der Waals surface area contributed by atoms with E-state index in [0.29, 0.717) is 33.7 Å². The molecule has 0 heterocycles. The van der Waals surface area contributed by atoms with Gasteiger partial charge in [0.1, 0.15) is 12.4 Å². The van der Waals surface area contributed by atoms with Crippen LogP contribution in [0.2, 0.25) is 10.0 Å². The maximum Gasteiger partial charge on any atom is 0.163 e. The summed E-state index contributed by atoms with van der Waals surface area (Å²) in [4.78, 5) is 0. The average Bonchev–Trinajstić information content (AvgIpc) is 2.67. The minimum absolute atomic E-state index is 0.196. The second kappa shape index (κ2) is 12.2. The van der Waals surface area contributed by atoms with Gasteiger partial charge in [0.25, 0.3) is 0 Å². The maximum absolute atomic E-state index is 13.2. The molecule has 0 atom stereocenters. The summed E-state index contributed by atoms with van der Waals surface area (Å²) < 4.78 is 24.4. The second-order valence-corrected chi connectivity index (χ2v) is 7.52. The third-order valence-corrected chi connectivity index (χ3v) is 5.21. The SMILES string of the molecule is CCCCCCCNCc1cc(OC)c(OCc2ccc(F)cc2Cl)cc1Cl. The van der Waals surface area contributed by atoms with Crippen molar-refractivity contribution in [2.75, 3.05) is 13.7 Å². The molecule has 0 fully saturated rings. The number of hydrogen-bond donors (Lipinski definition) is 1. The van der Waals surface area contributed by atoms with Crippen molar-refractivity contribution in [3.63, 3.8) is 0 Å². The van der Waals surface area contributed by atoms with E-state index in [9.17, 15) is 4.39 Å². The lowest BCUT2D eigenvalue weighted by Crippen LogP contribution is -2.15. The maximum atomic E-state index is 13.2. The summed E-state index contributed by atoms with van der Waals surface area (Å²) in [5, 5.41) is 4.36. The summed E-state index contributed by atoms with van der Waals surface area (Å²) in [6, 6.07) is 7.85. The van der Waals surface area contributed by atoms with Crippen LogP contribution in [0.3, 0.4) is 0 Å². The molecule has 28 heavy (non-hydrogen) atoms. The molecule has 0 unspecified atom stereocenters. The highest BCUT2D eigenvalue weighted by Gasteiger charge is 2.12. The molecule has 0 spiro atoms. The third kappa shape index (κ3) is 7.16. The van der Waals surface area contributed by atoms with E-state index in [0.717, 1.165) is 18.5 Å². The first-order valence-electron chi connectivity index (χ1n) is 9.69. The molecule has 154 valence electrons. The van der Waals surface area contributed by atoms with Gasteiger partial charge in [-0.15, -0.1) is 0 Å². The molecule has 0 bridgehead atoms. The smallest absolute Gasteiger partial charge is 0.163 e. The van der Waals surface area contributed by atoms with Crippen molar-refractivity contribution in [1.82, 2.24) is 5.32 Å². The molecule has 0 aliphatic carbocycles. The van der Waals surface area contributed by atoms with Gasteiger partial charge in [0.2, 0.25) is 0 Å². The van der Waals surface area contributed by atoms with Crippen molar-refractivity contribution in [2.24, 2.45) is 0 Å². The standard InChI is InChI=1S/C22H28Cl2FNO2/c1-3-4-5-6-7-10-26-14-17-11-21(27-2)22(13-20(17)24)28-15-16-8-9-18(25)12-19(16)23/h8-9,11-13,26H,3-7,10,14-15H2,1-2H3. The summed E-state index contributed by atoms with van der Waals surface area (Å²) >= 11 is 12.5. The van der Waals surface area contributed by atoms with Gasteiger partial charge in [-0.1, -0.05) is 61.9 Å². The van der Waals surface area contributed by atoms with Crippen molar-refractivity contribution in [3.05, 3.63) is 57.3 Å². The van der Waals surface area contributed by atoms with Gasteiger partial charge in [-0.3, -0.25) is 0 Å². The van der Waals surface area contributed by atoms with Crippen LogP contribution in [0.4, 0.5) is 4.39 Å². The summed E-state index contributed by atoms with van der Waals surface area (Å²) in [6.45, 7) is 4.05. The fourth-order valence-electron chi connectivity index (χ4n) is 2.86. The lowest BCUT2D eigenvalue weighted by molar-refractivity contribution is 0.284. The Kier molecular flexibility index (Phi) is 9.89. The van der Waals surface area contributed by atoms with Gasteiger partial charge < -0.3 is 14.8 Å². The minimum Gasteiger partial charge on any atom is -0.493 e. The highest BCUT2D eigenvalue weighted by atomic mass is 35.5. The molecular formula is C22H28Cl2FNO2. The van der Waals surface area contributed by atoms with E-state index in [4.69, 9.17) is 32.7 Å². The molecule has 0 aliphatic heterocycles. The topological polar surface area (TPSA) is 30.5 Å². The van der Waals surface area contributed by atoms with Crippen LogP contribution in [0.15, 0.2) is 30.3 Å². The van der Waals surface area contributed by atoms with Gasteiger partial charge in [-0.25, -0.2) is 4.39 Å². The molecular weight excluding hydrogens is 400 g/mol. The number of unbranched alkanes of at least 4 members (excludes halogenated alkanes) is 4. The van der Waals surface area contributed by atoms with Gasteiger partial charge in [0.15, 0.2) is 11.5 Å². The lowest BCUT2D eigenvalue weighted by Gasteiger charge is -2.15. The number of ether oxygens (including phenoxy) is 2. The quantitative estimate of drug-likeness (QED) is 0.378. The Morgan fingerprint density at radius 2 is 1.68 bits per heavy atom. The van der Waals surface area contributed by atoms with Crippen LogP contribution in [-0.2, 0) is 13.2 Å². The summed E-state index contributed by atoms with van der Waals surface area (Å²) in [5.74, 6) is 0.746. The zero-order valence-corrected chi connectivity index (χ0v) is 18.0. The number of nitrogens with one attached hydrogen (secondary N) is 1. The van der Waals surface area contributed by atoms with Crippen LogP contribution in [0.5, 0.6) is 11.5 Å². The van der Waals surface area contributed by atoms with E-state index in [1.165, 1.54) is 37.8 Å². The highest BCUT2D eigenvalue weighted by Crippen LogP contribution is 2.34. The zero-order chi connectivity index (χ0) is 20.4. The molecule has 0 saturated carbocycles. The number of hydrogen-bond acceptors (Lipinski definition) is 3. The van der Waals surface area contributed by atoms with E-state index in [2.05, 4.69) is 12.2 Å². The fraction of sp³-hybridized carbons (Fsp3) is 0.455. The molecule has 2 aromatic rings. The predicted molar refractivity (Wildman–Crippen MR) is 114 cm³/mol. The van der Waals surface area contributed by atoms with Gasteiger partial charge >= 0.3 is 0 Å². The number of rotatable bonds is 12. The van der Waals surface area contributed by atoms with Crippen molar-refractivity contribution < 1.29 is 13.9 Å². The number of halogens is 3. The van der Waals surface area contributed by atoms with Crippen LogP contribution in [0.25, 0.3) is 0 Å². The van der Waals surface area contributed by atoms with Crippen LogP contribution in [-0.4, -0.2) is 13.7 Å². The van der Waals surface area contributed by atoms with Gasteiger partial charge in [-0.2, -0.15) is 0 Å².